The molecule has 0 aromatic rings. The van der Waals surface area contributed by atoms with Crippen LogP contribution in [0.5, 0.6) is 0 Å². The van der Waals surface area contributed by atoms with E-state index in [0.717, 1.165) is 19.5 Å². The second kappa shape index (κ2) is 10.2. The maximum absolute atomic E-state index is 11.9. The minimum Gasteiger partial charge on any atom is -0.469 e. The molecule has 1 rings (SSSR count). The predicted octanol–water partition coefficient (Wildman–Crippen LogP) is 2.95. The Labute approximate surface area is 130 Å². The summed E-state index contributed by atoms with van der Waals surface area (Å²) in [6.07, 6.45) is 9.79. The molecule has 2 N–H and O–H groups in total. The first-order valence-corrected chi connectivity index (χ1v) is 8.71. The lowest BCUT2D eigenvalue weighted by Crippen LogP contribution is -2.53. The Morgan fingerprint density at radius 1 is 1.24 bits per heavy atom. The van der Waals surface area contributed by atoms with Crippen molar-refractivity contribution >= 4 is 5.97 Å². The summed E-state index contributed by atoms with van der Waals surface area (Å²) in [7, 11) is 1.46. The van der Waals surface area contributed by atoms with Gasteiger partial charge >= 0.3 is 5.97 Å². The van der Waals surface area contributed by atoms with Crippen molar-refractivity contribution in [1.82, 2.24) is 4.90 Å². The zero-order valence-corrected chi connectivity index (χ0v) is 14.1. The number of nitrogens with two attached hydrogens (primary N) is 1. The molecule has 0 spiro atoms. The number of ether oxygens (including phenoxy) is 1. The van der Waals surface area contributed by atoms with Crippen LogP contribution >= 0.6 is 0 Å². The number of hydrogen-bond donors (Lipinski definition) is 1. The summed E-state index contributed by atoms with van der Waals surface area (Å²) in [6.45, 7) is 6.28. The summed E-state index contributed by atoms with van der Waals surface area (Å²) >= 11 is 0. The summed E-state index contributed by atoms with van der Waals surface area (Å²) < 4.78 is 4.92. The van der Waals surface area contributed by atoms with Crippen molar-refractivity contribution < 1.29 is 9.53 Å². The Bertz CT molecular complexity index is 297. The molecule has 124 valence electrons. The van der Waals surface area contributed by atoms with Crippen molar-refractivity contribution in [1.29, 1.82) is 0 Å². The van der Waals surface area contributed by atoms with Gasteiger partial charge in [0, 0.05) is 18.6 Å². The highest BCUT2D eigenvalue weighted by Crippen LogP contribution is 2.23. The molecule has 1 fully saturated rings. The lowest BCUT2D eigenvalue weighted by molar-refractivity contribution is -0.148. The van der Waals surface area contributed by atoms with Gasteiger partial charge in [-0.2, -0.15) is 0 Å². The van der Waals surface area contributed by atoms with E-state index in [-0.39, 0.29) is 17.9 Å². The Hall–Kier alpha value is -0.610. The van der Waals surface area contributed by atoms with E-state index in [1.54, 1.807) is 0 Å². The lowest BCUT2D eigenvalue weighted by Gasteiger charge is -2.40. The molecule has 0 amide bonds. The number of rotatable bonds is 9. The van der Waals surface area contributed by atoms with Crippen LogP contribution in [0.1, 0.15) is 65.2 Å². The zero-order chi connectivity index (χ0) is 15.7. The van der Waals surface area contributed by atoms with Crippen LogP contribution in [0.3, 0.4) is 0 Å². The minimum absolute atomic E-state index is 0.0453. The van der Waals surface area contributed by atoms with Crippen LogP contribution in [0.25, 0.3) is 0 Å². The highest BCUT2D eigenvalue weighted by atomic mass is 16.5. The number of methoxy groups -OCH3 is 1. The first kappa shape index (κ1) is 18.4. The van der Waals surface area contributed by atoms with Gasteiger partial charge in [0.2, 0.25) is 0 Å². The molecule has 1 heterocycles. The molecular weight excluding hydrogens is 264 g/mol. The van der Waals surface area contributed by atoms with Crippen molar-refractivity contribution in [2.45, 2.75) is 77.3 Å². The van der Waals surface area contributed by atoms with Crippen molar-refractivity contribution in [3.8, 4) is 0 Å². The topological polar surface area (TPSA) is 55.6 Å². The van der Waals surface area contributed by atoms with Gasteiger partial charge in [-0.3, -0.25) is 9.69 Å². The van der Waals surface area contributed by atoms with Gasteiger partial charge in [0.05, 0.1) is 13.0 Å². The normalized spacial score (nSPS) is 24.8. The fraction of sp³-hybridized carbons (Fsp3) is 0.941. The highest BCUT2D eigenvalue weighted by molar-refractivity contribution is 5.73. The molecule has 0 aliphatic carbocycles. The third-order valence-corrected chi connectivity index (χ3v) is 4.73. The van der Waals surface area contributed by atoms with Crippen LogP contribution in [0.15, 0.2) is 0 Å². The molecule has 0 saturated carbocycles. The molecule has 4 heteroatoms. The average Bonchev–Trinajstić information content (AvgIpc) is 2.50. The van der Waals surface area contributed by atoms with E-state index < -0.39 is 0 Å². The molecule has 4 nitrogen and oxygen atoms in total. The van der Waals surface area contributed by atoms with E-state index in [4.69, 9.17) is 10.5 Å². The molecule has 1 unspecified atom stereocenters. The van der Waals surface area contributed by atoms with Crippen LogP contribution in [-0.2, 0) is 9.53 Å². The molecule has 21 heavy (non-hydrogen) atoms. The Morgan fingerprint density at radius 3 is 2.62 bits per heavy atom. The Kier molecular flexibility index (Phi) is 8.93. The largest absolute Gasteiger partial charge is 0.469 e. The first-order chi connectivity index (χ1) is 10.1. The number of piperidine rings is 1. The maximum atomic E-state index is 11.9. The standard InChI is InChI=1S/C17H34N2O2/c1-4-6-7-8-10-14(9-5-2)19-12-11-16(18)15(13-19)17(20)21-3/h14-16H,4-13,18H2,1-3H3/t14?,15-,16+/m0/s1. The molecule has 3 atom stereocenters. The number of likely N-dealkylation sites (tertiary alicyclic amines) is 1. The molecular formula is C17H34N2O2. The van der Waals surface area contributed by atoms with Gasteiger partial charge in [-0.05, 0) is 25.8 Å². The summed E-state index contributed by atoms with van der Waals surface area (Å²) in [5.74, 6) is -0.299. The molecule has 0 aromatic carbocycles. The van der Waals surface area contributed by atoms with Crippen LogP contribution in [0.4, 0.5) is 0 Å². The van der Waals surface area contributed by atoms with Crippen molar-refractivity contribution in [3.05, 3.63) is 0 Å². The van der Waals surface area contributed by atoms with Crippen molar-refractivity contribution in [3.63, 3.8) is 0 Å². The monoisotopic (exact) mass is 298 g/mol. The predicted molar refractivity (Wildman–Crippen MR) is 87.1 cm³/mol. The zero-order valence-electron chi connectivity index (χ0n) is 14.1. The number of carbonyl (C=O) groups is 1. The molecule has 0 bridgehead atoms. The molecule has 1 saturated heterocycles. The fourth-order valence-corrected chi connectivity index (χ4v) is 3.38. The second-order valence-electron chi connectivity index (χ2n) is 6.37. The van der Waals surface area contributed by atoms with E-state index in [0.29, 0.717) is 6.04 Å². The number of unbranched alkanes of at least 4 members (excludes halogenated alkanes) is 3. The highest BCUT2D eigenvalue weighted by Gasteiger charge is 2.35. The summed E-state index contributed by atoms with van der Waals surface area (Å²) in [5, 5.41) is 0. The summed E-state index contributed by atoms with van der Waals surface area (Å²) in [6, 6.07) is 0.558. The molecule has 0 radical (unpaired) electrons. The molecule has 1 aliphatic heterocycles. The second-order valence-corrected chi connectivity index (χ2v) is 6.37. The Morgan fingerprint density at radius 2 is 2.00 bits per heavy atom. The van der Waals surface area contributed by atoms with Crippen molar-refractivity contribution in [2.75, 3.05) is 20.2 Å². The summed E-state index contributed by atoms with van der Waals surface area (Å²) in [4.78, 5) is 14.4. The van der Waals surface area contributed by atoms with Gasteiger partial charge in [-0.25, -0.2) is 0 Å². The number of nitrogens with zero attached hydrogens (tertiary/aromatic N) is 1. The van der Waals surface area contributed by atoms with E-state index in [1.807, 2.05) is 0 Å². The number of carbonyl (C=O) groups excluding carboxylic acids is 1. The van der Waals surface area contributed by atoms with Gasteiger partial charge in [-0.15, -0.1) is 0 Å². The van der Waals surface area contributed by atoms with E-state index in [9.17, 15) is 4.79 Å². The van der Waals surface area contributed by atoms with Crippen LogP contribution in [0, 0.1) is 5.92 Å². The molecule has 1 aliphatic rings. The maximum Gasteiger partial charge on any atom is 0.311 e. The first-order valence-electron chi connectivity index (χ1n) is 8.71. The van der Waals surface area contributed by atoms with Crippen molar-refractivity contribution in [2.24, 2.45) is 11.7 Å². The Balaban J connectivity index is 2.54. The number of esters is 1. The SMILES string of the molecule is CCCCCCC(CCC)N1CC[C@@H](N)[C@@H](C(=O)OC)C1. The third-order valence-electron chi connectivity index (χ3n) is 4.73. The van der Waals surface area contributed by atoms with E-state index in [2.05, 4.69) is 18.7 Å². The lowest BCUT2D eigenvalue weighted by atomic mass is 9.90. The fourth-order valence-electron chi connectivity index (χ4n) is 3.38. The van der Waals surface area contributed by atoms with Gasteiger partial charge in [0.15, 0.2) is 0 Å². The van der Waals surface area contributed by atoms with Gasteiger partial charge in [-0.1, -0.05) is 46.0 Å². The minimum atomic E-state index is -0.154. The summed E-state index contributed by atoms with van der Waals surface area (Å²) in [5.41, 5.74) is 6.10. The van der Waals surface area contributed by atoms with E-state index in [1.165, 1.54) is 52.1 Å². The van der Waals surface area contributed by atoms with E-state index >= 15 is 0 Å². The third kappa shape index (κ3) is 5.95. The van der Waals surface area contributed by atoms with Gasteiger partial charge < -0.3 is 10.5 Å². The van der Waals surface area contributed by atoms with Crippen LogP contribution in [0.2, 0.25) is 0 Å². The molecule has 0 aromatic heterocycles. The number of hydrogen-bond acceptors (Lipinski definition) is 4. The average molecular weight is 298 g/mol. The van der Waals surface area contributed by atoms with Crippen LogP contribution in [-0.4, -0.2) is 43.2 Å². The van der Waals surface area contributed by atoms with Crippen LogP contribution < -0.4 is 5.73 Å². The van der Waals surface area contributed by atoms with Gasteiger partial charge in [0.1, 0.15) is 0 Å². The van der Waals surface area contributed by atoms with Gasteiger partial charge in [0.25, 0.3) is 0 Å². The smallest absolute Gasteiger partial charge is 0.311 e. The quantitative estimate of drug-likeness (QED) is 0.525.